The predicted molar refractivity (Wildman–Crippen MR) is 80.6 cm³/mol. The summed E-state index contributed by atoms with van der Waals surface area (Å²) in [6.07, 6.45) is 3.74. The lowest BCUT2D eigenvalue weighted by Gasteiger charge is -2.46. The lowest BCUT2D eigenvalue weighted by atomic mass is 9.69. The number of hydrogen-bond donors (Lipinski definition) is 1. The average molecular weight is 254 g/mol. The van der Waals surface area contributed by atoms with E-state index in [0.717, 1.165) is 5.92 Å². The van der Waals surface area contributed by atoms with Crippen molar-refractivity contribution >= 4 is 0 Å². The predicted octanol–water partition coefficient (Wildman–Crippen LogP) is 3.50. The van der Waals surface area contributed by atoms with E-state index < -0.39 is 0 Å². The summed E-state index contributed by atoms with van der Waals surface area (Å²) in [4.78, 5) is 2.53. The number of rotatable bonds is 3. The summed E-state index contributed by atoms with van der Waals surface area (Å²) in [5.41, 5.74) is 6.80. The van der Waals surface area contributed by atoms with E-state index in [9.17, 15) is 0 Å². The van der Waals surface area contributed by atoms with Crippen LogP contribution in [-0.4, -0.2) is 30.1 Å². The van der Waals surface area contributed by atoms with Gasteiger partial charge in [0.1, 0.15) is 0 Å². The Bertz CT molecular complexity index is 254. The van der Waals surface area contributed by atoms with Gasteiger partial charge in [-0.05, 0) is 50.5 Å². The minimum Gasteiger partial charge on any atom is -0.326 e. The summed E-state index contributed by atoms with van der Waals surface area (Å²) in [5.74, 6) is 1.50. The molecule has 0 heterocycles. The molecule has 1 rings (SSSR count). The van der Waals surface area contributed by atoms with Crippen molar-refractivity contribution in [3.63, 3.8) is 0 Å². The molecule has 1 fully saturated rings. The molecule has 0 radical (unpaired) electrons. The SMILES string of the molecule is CC(C)C(C)N(C)C1CC(C(C)(C)C)CCC1N. The highest BCUT2D eigenvalue weighted by atomic mass is 15.2. The van der Waals surface area contributed by atoms with Crippen molar-refractivity contribution in [3.05, 3.63) is 0 Å². The number of nitrogens with two attached hydrogens (primary N) is 1. The Hall–Kier alpha value is -0.0800. The van der Waals surface area contributed by atoms with Crippen LogP contribution in [0.2, 0.25) is 0 Å². The fraction of sp³-hybridized carbons (Fsp3) is 1.00. The minimum atomic E-state index is 0.356. The molecule has 0 amide bonds. The molecule has 2 N–H and O–H groups in total. The Morgan fingerprint density at radius 1 is 1.11 bits per heavy atom. The van der Waals surface area contributed by atoms with E-state index in [2.05, 4.69) is 53.5 Å². The van der Waals surface area contributed by atoms with Crippen LogP contribution in [0, 0.1) is 17.3 Å². The third kappa shape index (κ3) is 3.71. The highest BCUT2D eigenvalue weighted by molar-refractivity contribution is 4.93. The van der Waals surface area contributed by atoms with Crippen molar-refractivity contribution in [1.29, 1.82) is 0 Å². The first-order valence-corrected chi connectivity index (χ1v) is 7.62. The molecule has 108 valence electrons. The molecule has 1 saturated carbocycles. The monoisotopic (exact) mass is 254 g/mol. The Labute approximate surface area is 114 Å². The van der Waals surface area contributed by atoms with Gasteiger partial charge in [-0.1, -0.05) is 34.6 Å². The van der Waals surface area contributed by atoms with Gasteiger partial charge in [0.05, 0.1) is 0 Å². The van der Waals surface area contributed by atoms with Gasteiger partial charge in [-0.15, -0.1) is 0 Å². The Balaban J connectivity index is 2.73. The maximum Gasteiger partial charge on any atom is 0.0249 e. The Kier molecular flexibility index (Phi) is 5.25. The lowest BCUT2D eigenvalue weighted by Crippen LogP contribution is -2.54. The molecule has 2 nitrogen and oxygen atoms in total. The molecule has 4 unspecified atom stereocenters. The summed E-state index contributed by atoms with van der Waals surface area (Å²) in [7, 11) is 2.26. The van der Waals surface area contributed by atoms with Crippen LogP contribution >= 0.6 is 0 Å². The van der Waals surface area contributed by atoms with Crippen LogP contribution in [0.25, 0.3) is 0 Å². The molecule has 0 aromatic carbocycles. The zero-order valence-electron chi connectivity index (χ0n) is 13.5. The van der Waals surface area contributed by atoms with E-state index in [1.165, 1.54) is 19.3 Å². The van der Waals surface area contributed by atoms with E-state index in [1.807, 2.05) is 0 Å². The van der Waals surface area contributed by atoms with Crippen LogP contribution in [0.15, 0.2) is 0 Å². The van der Waals surface area contributed by atoms with E-state index >= 15 is 0 Å². The van der Waals surface area contributed by atoms with Gasteiger partial charge in [-0.25, -0.2) is 0 Å². The van der Waals surface area contributed by atoms with Crippen LogP contribution < -0.4 is 5.73 Å². The van der Waals surface area contributed by atoms with E-state index in [4.69, 9.17) is 5.73 Å². The standard InChI is InChI=1S/C16H34N2/c1-11(2)12(3)18(7)15-10-13(16(4,5)6)8-9-14(15)17/h11-15H,8-10,17H2,1-7H3. The third-order valence-electron chi connectivity index (χ3n) is 5.22. The average Bonchev–Trinajstić information content (AvgIpc) is 2.26. The van der Waals surface area contributed by atoms with Gasteiger partial charge in [0.15, 0.2) is 0 Å². The summed E-state index contributed by atoms with van der Waals surface area (Å²) < 4.78 is 0. The largest absolute Gasteiger partial charge is 0.326 e. The van der Waals surface area contributed by atoms with Crippen molar-refractivity contribution in [2.24, 2.45) is 23.0 Å². The summed E-state index contributed by atoms with van der Waals surface area (Å²) >= 11 is 0. The van der Waals surface area contributed by atoms with Gasteiger partial charge < -0.3 is 5.73 Å². The number of nitrogens with zero attached hydrogens (tertiary/aromatic N) is 1. The first-order chi connectivity index (χ1) is 8.14. The lowest BCUT2D eigenvalue weighted by molar-refractivity contribution is 0.0524. The molecule has 0 aromatic rings. The second-order valence-corrected chi connectivity index (χ2v) is 7.76. The zero-order chi connectivity index (χ0) is 14.1. The molecule has 4 atom stereocenters. The van der Waals surface area contributed by atoms with Gasteiger partial charge in [0.2, 0.25) is 0 Å². The quantitative estimate of drug-likeness (QED) is 0.835. The fourth-order valence-electron chi connectivity index (χ4n) is 3.20. The van der Waals surface area contributed by atoms with Gasteiger partial charge >= 0.3 is 0 Å². The topological polar surface area (TPSA) is 29.3 Å². The van der Waals surface area contributed by atoms with E-state index in [0.29, 0.717) is 29.5 Å². The Morgan fingerprint density at radius 2 is 1.67 bits per heavy atom. The highest BCUT2D eigenvalue weighted by Gasteiger charge is 2.37. The molecule has 0 saturated heterocycles. The van der Waals surface area contributed by atoms with Crippen molar-refractivity contribution in [3.8, 4) is 0 Å². The normalized spacial score (nSPS) is 32.0. The van der Waals surface area contributed by atoms with Crippen LogP contribution in [0.3, 0.4) is 0 Å². The van der Waals surface area contributed by atoms with Crippen LogP contribution in [0.4, 0.5) is 0 Å². The number of hydrogen-bond acceptors (Lipinski definition) is 2. The fourth-order valence-corrected chi connectivity index (χ4v) is 3.20. The first-order valence-electron chi connectivity index (χ1n) is 7.62. The van der Waals surface area contributed by atoms with E-state index in [1.54, 1.807) is 0 Å². The molecule has 1 aliphatic carbocycles. The molecule has 18 heavy (non-hydrogen) atoms. The van der Waals surface area contributed by atoms with Crippen LogP contribution in [0.1, 0.15) is 60.8 Å². The van der Waals surface area contributed by atoms with Crippen molar-refractivity contribution in [2.75, 3.05) is 7.05 Å². The summed E-state index contributed by atoms with van der Waals surface area (Å²) in [6.45, 7) is 14.1. The summed E-state index contributed by atoms with van der Waals surface area (Å²) in [5, 5.41) is 0. The molecular formula is C16H34N2. The van der Waals surface area contributed by atoms with Crippen molar-refractivity contribution in [1.82, 2.24) is 4.90 Å². The molecule has 0 bridgehead atoms. The van der Waals surface area contributed by atoms with Crippen molar-refractivity contribution in [2.45, 2.75) is 78.9 Å². The van der Waals surface area contributed by atoms with Crippen LogP contribution in [0.5, 0.6) is 0 Å². The molecule has 2 heteroatoms. The van der Waals surface area contributed by atoms with Gasteiger partial charge in [-0.3, -0.25) is 4.90 Å². The smallest absolute Gasteiger partial charge is 0.0249 e. The molecule has 0 spiro atoms. The Morgan fingerprint density at radius 3 is 2.11 bits per heavy atom. The van der Waals surface area contributed by atoms with Gasteiger partial charge in [0, 0.05) is 18.1 Å². The molecule has 0 aliphatic heterocycles. The minimum absolute atomic E-state index is 0.356. The molecule has 1 aliphatic rings. The third-order valence-corrected chi connectivity index (χ3v) is 5.22. The molecular weight excluding hydrogens is 220 g/mol. The maximum atomic E-state index is 6.38. The molecule has 0 aromatic heterocycles. The maximum absolute atomic E-state index is 6.38. The van der Waals surface area contributed by atoms with Gasteiger partial charge in [0.25, 0.3) is 0 Å². The zero-order valence-corrected chi connectivity index (χ0v) is 13.5. The van der Waals surface area contributed by atoms with Gasteiger partial charge in [-0.2, -0.15) is 0 Å². The number of likely N-dealkylation sites (N-methyl/N-ethyl adjacent to an activating group) is 1. The van der Waals surface area contributed by atoms with E-state index in [-0.39, 0.29) is 0 Å². The van der Waals surface area contributed by atoms with Crippen LogP contribution in [-0.2, 0) is 0 Å². The highest BCUT2D eigenvalue weighted by Crippen LogP contribution is 2.39. The first kappa shape index (κ1) is 16.0. The second kappa shape index (κ2) is 5.92. The summed E-state index contributed by atoms with van der Waals surface area (Å²) in [6, 6.07) is 1.52. The van der Waals surface area contributed by atoms with Crippen molar-refractivity contribution < 1.29 is 0 Å². The second-order valence-electron chi connectivity index (χ2n) is 7.76.